The molecule has 0 spiro atoms. The third-order valence-electron chi connectivity index (χ3n) is 1.95. The fourth-order valence-electron chi connectivity index (χ4n) is 1.34. The van der Waals surface area contributed by atoms with Gasteiger partial charge in [-0.3, -0.25) is 9.69 Å². The van der Waals surface area contributed by atoms with Crippen LogP contribution in [0.15, 0.2) is 0 Å². The van der Waals surface area contributed by atoms with E-state index in [9.17, 15) is 9.90 Å². The number of ether oxygens (including phenoxy) is 2. The van der Waals surface area contributed by atoms with Crippen molar-refractivity contribution in [1.29, 1.82) is 0 Å². The highest BCUT2D eigenvalue weighted by Crippen LogP contribution is 1.96. The first kappa shape index (κ1) is 14.3. The molecule has 0 aromatic carbocycles. The number of carbonyl (C=O) groups excluding carboxylic acids is 1. The van der Waals surface area contributed by atoms with Crippen LogP contribution in [0.1, 0.15) is 13.3 Å². The Hall–Kier alpha value is -0.650. The zero-order chi connectivity index (χ0) is 11.7. The number of aliphatic hydroxyl groups is 1. The van der Waals surface area contributed by atoms with Gasteiger partial charge in [0, 0.05) is 13.7 Å². The minimum atomic E-state index is -0.564. The van der Waals surface area contributed by atoms with Gasteiger partial charge < -0.3 is 14.6 Å². The highest BCUT2D eigenvalue weighted by molar-refractivity contribution is 5.71. The van der Waals surface area contributed by atoms with Crippen molar-refractivity contribution in [3.05, 3.63) is 0 Å². The molecule has 15 heavy (non-hydrogen) atoms. The van der Waals surface area contributed by atoms with Gasteiger partial charge in [0.2, 0.25) is 0 Å². The zero-order valence-corrected chi connectivity index (χ0v) is 9.73. The molecule has 5 nitrogen and oxygen atoms in total. The van der Waals surface area contributed by atoms with Crippen molar-refractivity contribution < 1.29 is 19.4 Å². The molecule has 0 amide bonds. The Morgan fingerprint density at radius 2 is 2.13 bits per heavy atom. The lowest BCUT2D eigenvalue weighted by Gasteiger charge is -2.22. The summed E-state index contributed by atoms with van der Waals surface area (Å²) in [4.78, 5) is 12.9. The molecule has 1 unspecified atom stereocenters. The lowest BCUT2D eigenvalue weighted by atomic mass is 10.3. The zero-order valence-electron chi connectivity index (χ0n) is 9.73. The van der Waals surface area contributed by atoms with E-state index in [4.69, 9.17) is 4.74 Å². The standard InChI is InChI=1S/C10H21NO4/c1-4-5-11(7-10(13)15-3)6-9(12)8-14-2/h9,12H,4-8H2,1-3H3. The lowest BCUT2D eigenvalue weighted by Crippen LogP contribution is -2.38. The monoisotopic (exact) mass is 219 g/mol. The van der Waals surface area contributed by atoms with Gasteiger partial charge in [-0.15, -0.1) is 0 Å². The maximum absolute atomic E-state index is 11.1. The normalized spacial score (nSPS) is 12.9. The molecule has 0 aromatic heterocycles. The van der Waals surface area contributed by atoms with Gasteiger partial charge in [-0.2, -0.15) is 0 Å². The Kier molecular flexibility index (Phi) is 8.27. The van der Waals surface area contributed by atoms with E-state index in [1.165, 1.54) is 14.2 Å². The van der Waals surface area contributed by atoms with Gasteiger partial charge >= 0.3 is 5.97 Å². The molecule has 1 N–H and O–H groups in total. The molecule has 0 bridgehead atoms. The van der Waals surface area contributed by atoms with E-state index < -0.39 is 6.10 Å². The van der Waals surface area contributed by atoms with Crippen LogP contribution in [0.4, 0.5) is 0 Å². The highest BCUT2D eigenvalue weighted by atomic mass is 16.5. The first-order chi connectivity index (χ1) is 7.13. The van der Waals surface area contributed by atoms with Crippen molar-refractivity contribution in [2.45, 2.75) is 19.4 Å². The Labute approximate surface area is 91.0 Å². The van der Waals surface area contributed by atoms with Gasteiger partial charge in [-0.25, -0.2) is 0 Å². The largest absolute Gasteiger partial charge is 0.468 e. The number of rotatable bonds is 8. The van der Waals surface area contributed by atoms with Gasteiger partial charge in [0.05, 0.1) is 26.4 Å². The first-order valence-corrected chi connectivity index (χ1v) is 5.10. The van der Waals surface area contributed by atoms with Crippen LogP contribution >= 0.6 is 0 Å². The fraction of sp³-hybridized carbons (Fsp3) is 0.900. The summed E-state index contributed by atoms with van der Waals surface area (Å²) >= 11 is 0. The Bertz CT molecular complexity index is 175. The van der Waals surface area contributed by atoms with E-state index in [1.807, 2.05) is 11.8 Å². The minimum absolute atomic E-state index is 0.213. The van der Waals surface area contributed by atoms with E-state index in [-0.39, 0.29) is 19.1 Å². The molecule has 0 saturated carbocycles. The summed E-state index contributed by atoms with van der Waals surface area (Å²) in [5.74, 6) is -0.284. The van der Waals surface area contributed by atoms with Gasteiger partial charge in [0.15, 0.2) is 0 Å². The minimum Gasteiger partial charge on any atom is -0.468 e. The summed E-state index contributed by atoms with van der Waals surface area (Å²) in [5.41, 5.74) is 0. The summed E-state index contributed by atoms with van der Waals surface area (Å²) in [5, 5.41) is 9.51. The van der Waals surface area contributed by atoms with Crippen LogP contribution in [-0.2, 0) is 14.3 Å². The molecule has 0 aliphatic heterocycles. The molecule has 90 valence electrons. The van der Waals surface area contributed by atoms with E-state index >= 15 is 0 Å². The lowest BCUT2D eigenvalue weighted by molar-refractivity contribution is -0.142. The molecule has 0 fully saturated rings. The second-order valence-electron chi connectivity index (χ2n) is 3.42. The molecule has 0 rings (SSSR count). The van der Waals surface area contributed by atoms with Crippen LogP contribution in [0.2, 0.25) is 0 Å². The van der Waals surface area contributed by atoms with Crippen molar-refractivity contribution in [2.75, 3.05) is 40.5 Å². The number of hydrogen-bond donors (Lipinski definition) is 1. The van der Waals surface area contributed by atoms with Crippen LogP contribution in [0.25, 0.3) is 0 Å². The number of esters is 1. The van der Waals surface area contributed by atoms with Crippen molar-refractivity contribution in [2.24, 2.45) is 0 Å². The van der Waals surface area contributed by atoms with Gasteiger partial charge in [-0.05, 0) is 13.0 Å². The van der Waals surface area contributed by atoms with Gasteiger partial charge in [0.1, 0.15) is 0 Å². The molecule has 0 aliphatic rings. The van der Waals surface area contributed by atoms with Crippen molar-refractivity contribution >= 4 is 5.97 Å². The number of nitrogens with zero attached hydrogens (tertiary/aromatic N) is 1. The Morgan fingerprint density at radius 1 is 1.47 bits per heavy atom. The van der Waals surface area contributed by atoms with Crippen LogP contribution < -0.4 is 0 Å². The van der Waals surface area contributed by atoms with E-state index in [0.29, 0.717) is 6.54 Å². The van der Waals surface area contributed by atoms with Crippen LogP contribution in [-0.4, -0.2) is 62.5 Å². The summed E-state index contributed by atoms with van der Waals surface area (Å²) in [6.45, 7) is 3.70. The van der Waals surface area contributed by atoms with Gasteiger partial charge in [-0.1, -0.05) is 6.92 Å². The van der Waals surface area contributed by atoms with Crippen molar-refractivity contribution in [3.8, 4) is 0 Å². The van der Waals surface area contributed by atoms with Crippen LogP contribution in [0, 0.1) is 0 Å². The van der Waals surface area contributed by atoms with E-state index in [1.54, 1.807) is 0 Å². The molecule has 0 heterocycles. The summed E-state index contributed by atoms with van der Waals surface area (Å²) in [7, 11) is 2.89. The second-order valence-corrected chi connectivity index (χ2v) is 3.42. The second kappa shape index (κ2) is 8.64. The molecular formula is C10H21NO4. The van der Waals surface area contributed by atoms with Gasteiger partial charge in [0.25, 0.3) is 0 Å². The van der Waals surface area contributed by atoms with Crippen LogP contribution in [0.3, 0.4) is 0 Å². The smallest absolute Gasteiger partial charge is 0.319 e. The number of methoxy groups -OCH3 is 2. The maximum atomic E-state index is 11.1. The van der Waals surface area contributed by atoms with E-state index in [2.05, 4.69) is 4.74 Å². The fourth-order valence-corrected chi connectivity index (χ4v) is 1.34. The number of hydrogen-bond acceptors (Lipinski definition) is 5. The highest BCUT2D eigenvalue weighted by Gasteiger charge is 2.14. The predicted molar refractivity (Wildman–Crippen MR) is 56.6 cm³/mol. The third kappa shape index (κ3) is 7.30. The summed E-state index contributed by atoms with van der Waals surface area (Å²) in [6, 6.07) is 0. The number of aliphatic hydroxyl groups excluding tert-OH is 1. The quantitative estimate of drug-likeness (QED) is 0.577. The summed E-state index contributed by atoms with van der Waals surface area (Å²) in [6.07, 6.45) is 0.364. The Morgan fingerprint density at radius 3 is 2.60 bits per heavy atom. The van der Waals surface area contributed by atoms with E-state index in [0.717, 1.165) is 13.0 Å². The molecular weight excluding hydrogens is 198 g/mol. The predicted octanol–water partition coefficient (Wildman–Crippen LogP) is -0.121. The van der Waals surface area contributed by atoms with Crippen molar-refractivity contribution in [1.82, 2.24) is 4.90 Å². The molecule has 0 aromatic rings. The number of carbonyl (C=O) groups is 1. The summed E-state index contributed by atoms with van der Waals surface area (Å²) < 4.78 is 9.40. The van der Waals surface area contributed by atoms with Crippen LogP contribution in [0.5, 0.6) is 0 Å². The maximum Gasteiger partial charge on any atom is 0.319 e. The van der Waals surface area contributed by atoms with Crippen molar-refractivity contribution in [3.63, 3.8) is 0 Å². The Balaban J connectivity index is 3.96. The molecule has 5 heteroatoms. The average molecular weight is 219 g/mol. The molecule has 0 saturated heterocycles. The first-order valence-electron chi connectivity index (χ1n) is 5.10. The topological polar surface area (TPSA) is 59.0 Å². The average Bonchev–Trinajstić information content (AvgIpc) is 2.18. The SMILES string of the molecule is CCCN(CC(=O)OC)CC(O)COC. The third-order valence-corrected chi connectivity index (χ3v) is 1.95. The molecule has 1 atom stereocenters. The molecule has 0 aliphatic carbocycles. The molecule has 0 radical (unpaired) electrons.